The first-order valence-electron chi connectivity index (χ1n) is 6.26. The van der Waals surface area contributed by atoms with E-state index in [4.69, 9.17) is 5.73 Å². The van der Waals surface area contributed by atoms with Crippen molar-refractivity contribution in [1.82, 2.24) is 0 Å². The molecule has 2 N–H and O–H groups in total. The number of thiophene rings is 1. The molecule has 17 heavy (non-hydrogen) atoms. The molecule has 2 heteroatoms. The molecule has 3 rings (SSSR count). The second-order valence-corrected chi connectivity index (χ2v) is 5.45. The van der Waals surface area contributed by atoms with E-state index in [1.54, 1.807) is 22.5 Å². The maximum atomic E-state index is 5.78. The number of aryl methyl sites for hydroxylation is 2. The molecule has 0 amide bonds. The van der Waals surface area contributed by atoms with Gasteiger partial charge in [0.25, 0.3) is 0 Å². The highest BCUT2D eigenvalue weighted by Crippen LogP contribution is 2.31. The summed E-state index contributed by atoms with van der Waals surface area (Å²) >= 11 is 1.74. The molecule has 1 aromatic carbocycles. The van der Waals surface area contributed by atoms with Crippen LogP contribution in [0.15, 0.2) is 29.0 Å². The summed E-state index contributed by atoms with van der Waals surface area (Å²) in [4.78, 5) is 0. The van der Waals surface area contributed by atoms with Gasteiger partial charge in [-0.05, 0) is 64.3 Å². The maximum absolute atomic E-state index is 5.78. The minimum Gasteiger partial charge on any atom is -0.326 e. The Morgan fingerprint density at radius 2 is 1.88 bits per heavy atom. The van der Waals surface area contributed by atoms with E-state index in [9.17, 15) is 0 Å². The maximum Gasteiger partial charge on any atom is 0.0192 e. The van der Waals surface area contributed by atoms with E-state index in [0.29, 0.717) is 6.54 Å². The Bertz CT molecular complexity index is 527. The summed E-state index contributed by atoms with van der Waals surface area (Å²) in [5.74, 6) is 0. The van der Waals surface area contributed by atoms with Crippen molar-refractivity contribution in [3.63, 3.8) is 0 Å². The summed E-state index contributed by atoms with van der Waals surface area (Å²) in [5, 5.41) is 4.38. The Hall–Kier alpha value is -1.12. The van der Waals surface area contributed by atoms with Crippen LogP contribution >= 0.6 is 11.3 Å². The smallest absolute Gasteiger partial charge is 0.0192 e. The SMILES string of the molecule is NCc1cscc1-c1ccc2c(c1)CCCC2. The van der Waals surface area contributed by atoms with Crippen LogP contribution in [0.25, 0.3) is 11.1 Å². The predicted octanol–water partition coefficient (Wildman–Crippen LogP) is 3.75. The van der Waals surface area contributed by atoms with E-state index in [0.717, 1.165) is 0 Å². The fourth-order valence-electron chi connectivity index (χ4n) is 2.64. The van der Waals surface area contributed by atoms with Crippen LogP contribution < -0.4 is 5.73 Å². The number of rotatable bonds is 2. The van der Waals surface area contributed by atoms with Gasteiger partial charge in [-0.25, -0.2) is 0 Å². The molecule has 0 saturated carbocycles. The molecule has 0 spiro atoms. The highest BCUT2D eigenvalue weighted by atomic mass is 32.1. The lowest BCUT2D eigenvalue weighted by Crippen LogP contribution is -2.02. The molecule has 0 aliphatic heterocycles. The lowest BCUT2D eigenvalue weighted by Gasteiger charge is -2.16. The molecule has 0 unspecified atom stereocenters. The van der Waals surface area contributed by atoms with Crippen molar-refractivity contribution in [2.75, 3.05) is 0 Å². The van der Waals surface area contributed by atoms with Crippen LogP contribution in [0.1, 0.15) is 29.5 Å². The molecule has 0 atom stereocenters. The number of hydrogen-bond acceptors (Lipinski definition) is 2. The zero-order chi connectivity index (χ0) is 11.7. The molecule has 1 aliphatic rings. The lowest BCUT2D eigenvalue weighted by molar-refractivity contribution is 0.686. The van der Waals surface area contributed by atoms with Gasteiger partial charge in [0.1, 0.15) is 0 Å². The van der Waals surface area contributed by atoms with Crippen LogP contribution in [0.5, 0.6) is 0 Å². The van der Waals surface area contributed by atoms with Gasteiger partial charge in [-0.15, -0.1) is 0 Å². The van der Waals surface area contributed by atoms with Crippen molar-refractivity contribution >= 4 is 11.3 Å². The summed E-state index contributed by atoms with van der Waals surface area (Å²) in [7, 11) is 0. The highest BCUT2D eigenvalue weighted by Gasteiger charge is 2.11. The Labute approximate surface area is 106 Å². The monoisotopic (exact) mass is 243 g/mol. The quantitative estimate of drug-likeness (QED) is 0.854. The molecular formula is C15H17NS. The molecule has 88 valence electrons. The third-order valence-corrected chi connectivity index (χ3v) is 4.41. The van der Waals surface area contributed by atoms with Gasteiger partial charge in [0, 0.05) is 6.54 Å². The zero-order valence-corrected chi connectivity index (χ0v) is 10.7. The first-order valence-corrected chi connectivity index (χ1v) is 7.20. The molecule has 1 aromatic heterocycles. The molecule has 0 bridgehead atoms. The van der Waals surface area contributed by atoms with Crippen LogP contribution in [-0.4, -0.2) is 0 Å². The first-order chi connectivity index (χ1) is 8.38. The molecular weight excluding hydrogens is 226 g/mol. The molecule has 1 aliphatic carbocycles. The van der Waals surface area contributed by atoms with E-state index in [-0.39, 0.29) is 0 Å². The number of nitrogens with two attached hydrogens (primary N) is 1. The lowest BCUT2D eigenvalue weighted by atomic mass is 9.89. The molecule has 0 fully saturated rings. The van der Waals surface area contributed by atoms with E-state index >= 15 is 0 Å². The molecule has 1 nitrogen and oxygen atoms in total. The Balaban J connectivity index is 2.04. The van der Waals surface area contributed by atoms with Crippen LogP contribution in [0.4, 0.5) is 0 Å². The highest BCUT2D eigenvalue weighted by molar-refractivity contribution is 7.08. The second-order valence-electron chi connectivity index (χ2n) is 4.71. The van der Waals surface area contributed by atoms with Crippen LogP contribution in [-0.2, 0) is 19.4 Å². The van der Waals surface area contributed by atoms with Crippen LogP contribution in [0.2, 0.25) is 0 Å². The average Bonchev–Trinajstić information content (AvgIpc) is 2.86. The fraction of sp³-hybridized carbons (Fsp3) is 0.333. The van der Waals surface area contributed by atoms with Crippen molar-refractivity contribution in [2.45, 2.75) is 32.2 Å². The summed E-state index contributed by atoms with van der Waals surface area (Å²) in [6.45, 7) is 0.635. The number of hydrogen-bond donors (Lipinski definition) is 1. The molecule has 0 radical (unpaired) electrons. The van der Waals surface area contributed by atoms with Gasteiger partial charge in [-0.1, -0.05) is 18.2 Å². The van der Waals surface area contributed by atoms with Gasteiger partial charge in [0.15, 0.2) is 0 Å². The third-order valence-electron chi connectivity index (χ3n) is 3.62. The van der Waals surface area contributed by atoms with Gasteiger partial charge in [0.2, 0.25) is 0 Å². The van der Waals surface area contributed by atoms with Gasteiger partial charge in [-0.2, -0.15) is 11.3 Å². The Morgan fingerprint density at radius 1 is 1.06 bits per heavy atom. The third kappa shape index (κ3) is 2.03. The fourth-order valence-corrected chi connectivity index (χ4v) is 3.51. The van der Waals surface area contributed by atoms with Gasteiger partial charge in [0.05, 0.1) is 0 Å². The van der Waals surface area contributed by atoms with Gasteiger partial charge in [-0.3, -0.25) is 0 Å². The summed E-state index contributed by atoms with van der Waals surface area (Å²) in [5.41, 5.74) is 12.8. The van der Waals surface area contributed by atoms with Crippen molar-refractivity contribution in [3.8, 4) is 11.1 Å². The Kier molecular flexibility index (Phi) is 3.00. The summed E-state index contributed by atoms with van der Waals surface area (Å²) < 4.78 is 0. The first kappa shape index (κ1) is 11.0. The normalized spacial score (nSPS) is 14.6. The summed E-state index contributed by atoms with van der Waals surface area (Å²) in [6.07, 6.45) is 5.18. The molecule has 2 aromatic rings. The minimum atomic E-state index is 0.635. The zero-order valence-electron chi connectivity index (χ0n) is 9.91. The van der Waals surface area contributed by atoms with E-state index < -0.39 is 0 Å². The topological polar surface area (TPSA) is 26.0 Å². The van der Waals surface area contributed by atoms with Crippen molar-refractivity contribution in [2.24, 2.45) is 5.73 Å². The van der Waals surface area contributed by atoms with E-state index in [1.165, 1.54) is 42.4 Å². The van der Waals surface area contributed by atoms with Gasteiger partial charge >= 0.3 is 0 Å². The van der Waals surface area contributed by atoms with E-state index in [1.807, 2.05) is 0 Å². The standard InChI is InChI=1S/C15H17NS/c16-8-14-9-17-10-15(14)13-6-5-11-3-1-2-4-12(11)7-13/h5-7,9-10H,1-4,8,16H2. The van der Waals surface area contributed by atoms with Crippen LogP contribution in [0.3, 0.4) is 0 Å². The number of fused-ring (bicyclic) bond motifs is 1. The number of benzene rings is 1. The van der Waals surface area contributed by atoms with E-state index in [2.05, 4.69) is 29.0 Å². The van der Waals surface area contributed by atoms with Gasteiger partial charge < -0.3 is 5.73 Å². The van der Waals surface area contributed by atoms with Crippen molar-refractivity contribution in [3.05, 3.63) is 45.6 Å². The van der Waals surface area contributed by atoms with Crippen molar-refractivity contribution < 1.29 is 0 Å². The van der Waals surface area contributed by atoms with Crippen molar-refractivity contribution in [1.29, 1.82) is 0 Å². The average molecular weight is 243 g/mol. The predicted molar refractivity (Wildman–Crippen MR) is 74.3 cm³/mol. The second kappa shape index (κ2) is 4.63. The van der Waals surface area contributed by atoms with Crippen LogP contribution in [0, 0.1) is 0 Å². The molecule has 0 saturated heterocycles. The minimum absolute atomic E-state index is 0.635. The molecule has 1 heterocycles. The summed E-state index contributed by atoms with van der Waals surface area (Å²) in [6, 6.07) is 6.93. The largest absolute Gasteiger partial charge is 0.326 e. The Morgan fingerprint density at radius 3 is 2.71 bits per heavy atom.